The highest BCUT2D eigenvalue weighted by molar-refractivity contribution is 5.75. The number of ether oxygens (including phenoxy) is 1. The molecule has 0 spiro atoms. The van der Waals surface area contributed by atoms with E-state index >= 15 is 0 Å². The minimum absolute atomic E-state index is 0.0887. The molecule has 2 N–H and O–H groups in total. The van der Waals surface area contributed by atoms with Crippen molar-refractivity contribution >= 4 is 12.0 Å². The number of rotatable bonds is 4. The quantitative estimate of drug-likeness (QED) is 0.785. The summed E-state index contributed by atoms with van der Waals surface area (Å²) in [5, 5.41) is 0. The molecule has 1 amide bonds. The van der Waals surface area contributed by atoms with Gasteiger partial charge in [0.05, 0.1) is 0 Å². The van der Waals surface area contributed by atoms with Crippen LogP contribution in [0.5, 0.6) is 5.75 Å². The Hall–Kier alpha value is -1.77. The predicted octanol–water partition coefficient (Wildman–Crippen LogP) is 1.58. The average molecular weight is 191 g/mol. The molecule has 0 unspecified atom stereocenters. The van der Waals surface area contributed by atoms with Gasteiger partial charge in [0, 0.05) is 5.56 Å². The number of amides is 1. The Balaban J connectivity index is 2.79. The lowest BCUT2D eigenvalue weighted by molar-refractivity contribution is -0.119. The molecule has 1 aromatic rings. The standard InChI is InChI=1S/C11H13NO2/c1-2-5-9-6-3-4-7-10(9)14-8-11(12)13/h2-7H,8H2,1H3,(H2,12,13). The Morgan fingerprint density at radius 2 is 2.21 bits per heavy atom. The first kappa shape index (κ1) is 10.3. The van der Waals surface area contributed by atoms with Crippen LogP contribution in [0.1, 0.15) is 12.5 Å². The summed E-state index contributed by atoms with van der Waals surface area (Å²) in [4.78, 5) is 10.5. The van der Waals surface area contributed by atoms with Gasteiger partial charge in [0.15, 0.2) is 6.61 Å². The Labute approximate surface area is 83.2 Å². The van der Waals surface area contributed by atoms with Crippen LogP contribution in [0.25, 0.3) is 6.08 Å². The van der Waals surface area contributed by atoms with Crippen molar-refractivity contribution in [2.24, 2.45) is 5.73 Å². The van der Waals surface area contributed by atoms with Crippen LogP contribution in [0.15, 0.2) is 30.3 Å². The zero-order valence-electron chi connectivity index (χ0n) is 8.07. The summed E-state index contributed by atoms with van der Waals surface area (Å²) < 4.78 is 5.23. The summed E-state index contributed by atoms with van der Waals surface area (Å²) in [6.45, 7) is 1.83. The highest BCUT2D eigenvalue weighted by Crippen LogP contribution is 2.18. The van der Waals surface area contributed by atoms with Crippen molar-refractivity contribution in [1.29, 1.82) is 0 Å². The topological polar surface area (TPSA) is 52.3 Å². The fourth-order valence-corrected chi connectivity index (χ4v) is 1.08. The van der Waals surface area contributed by atoms with Gasteiger partial charge in [0.2, 0.25) is 0 Å². The number of carbonyl (C=O) groups excluding carboxylic acids is 1. The first-order chi connectivity index (χ1) is 6.74. The van der Waals surface area contributed by atoms with Crippen LogP contribution in [0, 0.1) is 0 Å². The Morgan fingerprint density at radius 1 is 1.50 bits per heavy atom. The van der Waals surface area contributed by atoms with Gasteiger partial charge in [-0.1, -0.05) is 30.4 Å². The zero-order valence-corrected chi connectivity index (χ0v) is 8.07. The van der Waals surface area contributed by atoms with Crippen LogP contribution in [0.4, 0.5) is 0 Å². The number of hydrogen-bond acceptors (Lipinski definition) is 2. The van der Waals surface area contributed by atoms with Crippen LogP contribution < -0.4 is 10.5 Å². The molecular weight excluding hydrogens is 178 g/mol. The third kappa shape index (κ3) is 2.94. The molecule has 74 valence electrons. The minimum atomic E-state index is -0.472. The number of carbonyl (C=O) groups is 1. The maximum absolute atomic E-state index is 10.5. The molecule has 0 aliphatic carbocycles. The molecule has 0 fully saturated rings. The van der Waals surface area contributed by atoms with Crippen molar-refractivity contribution in [2.75, 3.05) is 6.61 Å². The van der Waals surface area contributed by atoms with E-state index in [-0.39, 0.29) is 6.61 Å². The summed E-state index contributed by atoms with van der Waals surface area (Å²) in [6, 6.07) is 7.48. The van der Waals surface area contributed by atoms with Gasteiger partial charge in [0.25, 0.3) is 5.91 Å². The van der Waals surface area contributed by atoms with Gasteiger partial charge in [0.1, 0.15) is 5.75 Å². The van der Waals surface area contributed by atoms with E-state index in [1.165, 1.54) is 0 Å². The van der Waals surface area contributed by atoms with E-state index in [1.54, 1.807) is 6.07 Å². The SMILES string of the molecule is CC=Cc1ccccc1OCC(N)=O. The molecule has 0 aromatic heterocycles. The van der Waals surface area contributed by atoms with E-state index in [0.717, 1.165) is 5.56 Å². The van der Waals surface area contributed by atoms with Crippen LogP contribution in [-0.4, -0.2) is 12.5 Å². The fraction of sp³-hybridized carbons (Fsp3) is 0.182. The van der Waals surface area contributed by atoms with Gasteiger partial charge in [-0.3, -0.25) is 4.79 Å². The van der Waals surface area contributed by atoms with E-state index in [2.05, 4.69) is 0 Å². The van der Waals surface area contributed by atoms with E-state index in [9.17, 15) is 4.79 Å². The van der Waals surface area contributed by atoms with E-state index < -0.39 is 5.91 Å². The van der Waals surface area contributed by atoms with Crippen molar-refractivity contribution in [2.45, 2.75) is 6.92 Å². The van der Waals surface area contributed by atoms with Gasteiger partial charge >= 0.3 is 0 Å². The summed E-state index contributed by atoms with van der Waals surface area (Å²) in [6.07, 6.45) is 3.82. The molecule has 0 atom stereocenters. The molecule has 0 aliphatic heterocycles. The van der Waals surface area contributed by atoms with Crippen molar-refractivity contribution in [3.8, 4) is 5.75 Å². The third-order valence-electron chi connectivity index (χ3n) is 1.64. The zero-order chi connectivity index (χ0) is 10.4. The third-order valence-corrected chi connectivity index (χ3v) is 1.64. The van der Waals surface area contributed by atoms with Gasteiger partial charge in [-0.15, -0.1) is 0 Å². The van der Waals surface area contributed by atoms with Gasteiger partial charge < -0.3 is 10.5 Å². The number of nitrogens with two attached hydrogens (primary N) is 1. The summed E-state index contributed by atoms with van der Waals surface area (Å²) in [7, 11) is 0. The smallest absolute Gasteiger partial charge is 0.255 e. The van der Waals surface area contributed by atoms with E-state index in [4.69, 9.17) is 10.5 Å². The highest BCUT2D eigenvalue weighted by Gasteiger charge is 2.00. The predicted molar refractivity (Wildman–Crippen MR) is 55.8 cm³/mol. The molecule has 0 radical (unpaired) electrons. The molecule has 1 aromatic carbocycles. The lowest BCUT2D eigenvalue weighted by atomic mass is 10.2. The Bertz CT molecular complexity index is 345. The Kier molecular flexibility index (Phi) is 3.73. The molecule has 3 nitrogen and oxygen atoms in total. The van der Waals surface area contributed by atoms with Gasteiger partial charge in [-0.25, -0.2) is 0 Å². The monoisotopic (exact) mass is 191 g/mol. The molecule has 0 heterocycles. The molecule has 3 heteroatoms. The van der Waals surface area contributed by atoms with E-state index in [1.807, 2.05) is 37.3 Å². The van der Waals surface area contributed by atoms with Gasteiger partial charge in [-0.05, 0) is 13.0 Å². The first-order valence-corrected chi connectivity index (χ1v) is 4.37. The van der Waals surface area contributed by atoms with Crippen LogP contribution in [0.2, 0.25) is 0 Å². The largest absolute Gasteiger partial charge is 0.483 e. The number of allylic oxidation sites excluding steroid dienone is 1. The van der Waals surface area contributed by atoms with E-state index in [0.29, 0.717) is 5.75 Å². The molecule has 0 saturated carbocycles. The van der Waals surface area contributed by atoms with Crippen LogP contribution in [0.3, 0.4) is 0 Å². The molecule has 14 heavy (non-hydrogen) atoms. The summed E-state index contributed by atoms with van der Waals surface area (Å²) in [5.41, 5.74) is 5.92. The number of benzene rings is 1. The van der Waals surface area contributed by atoms with Gasteiger partial charge in [-0.2, -0.15) is 0 Å². The number of primary amides is 1. The van der Waals surface area contributed by atoms with Crippen molar-refractivity contribution < 1.29 is 9.53 Å². The second-order valence-corrected chi connectivity index (χ2v) is 2.79. The fourth-order valence-electron chi connectivity index (χ4n) is 1.08. The number of hydrogen-bond donors (Lipinski definition) is 1. The molecule has 1 rings (SSSR count). The lowest BCUT2D eigenvalue weighted by Crippen LogP contribution is -2.20. The molecule has 0 saturated heterocycles. The van der Waals surface area contributed by atoms with Crippen molar-refractivity contribution in [1.82, 2.24) is 0 Å². The second-order valence-electron chi connectivity index (χ2n) is 2.79. The van der Waals surface area contributed by atoms with Crippen LogP contribution >= 0.6 is 0 Å². The highest BCUT2D eigenvalue weighted by atomic mass is 16.5. The van der Waals surface area contributed by atoms with Crippen molar-refractivity contribution in [3.63, 3.8) is 0 Å². The molecular formula is C11H13NO2. The van der Waals surface area contributed by atoms with Crippen LogP contribution in [-0.2, 0) is 4.79 Å². The lowest BCUT2D eigenvalue weighted by Gasteiger charge is -2.06. The van der Waals surface area contributed by atoms with Crippen molar-refractivity contribution in [3.05, 3.63) is 35.9 Å². The Morgan fingerprint density at radius 3 is 2.86 bits per heavy atom. The second kappa shape index (κ2) is 5.07. The minimum Gasteiger partial charge on any atom is -0.483 e. The maximum atomic E-state index is 10.5. The normalized spacial score (nSPS) is 10.4. The number of para-hydroxylation sites is 1. The summed E-state index contributed by atoms with van der Waals surface area (Å²) in [5.74, 6) is 0.199. The maximum Gasteiger partial charge on any atom is 0.255 e. The molecule has 0 bridgehead atoms. The average Bonchev–Trinajstić information content (AvgIpc) is 2.17. The molecule has 0 aliphatic rings. The summed E-state index contributed by atoms with van der Waals surface area (Å²) >= 11 is 0. The first-order valence-electron chi connectivity index (χ1n) is 4.37.